The Hall–Kier alpha value is -2.87. The zero-order valence-corrected chi connectivity index (χ0v) is 17.0. The molecule has 1 aromatic carbocycles. The number of likely N-dealkylation sites (tertiary alicyclic amines) is 2. The summed E-state index contributed by atoms with van der Waals surface area (Å²) in [5.74, 6) is 2.09. The van der Waals surface area contributed by atoms with E-state index in [0.29, 0.717) is 24.2 Å². The Balaban J connectivity index is 1.44. The van der Waals surface area contributed by atoms with E-state index in [1.165, 1.54) is 0 Å². The van der Waals surface area contributed by atoms with Crippen LogP contribution in [-0.2, 0) is 16.6 Å². The molecule has 0 radical (unpaired) electrons. The van der Waals surface area contributed by atoms with Crippen LogP contribution in [0, 0.1) is 11.8 Å². The highest BCUT2D eigenvalue weighted by Crippen LogP contribution is 2.45. The molecule has 2 saturated heterocycles. The smallest absolute Gasteiger partial charge is 0.239 e. The molecule has 0 aliphatic carbocycles. The van der Waals surface area contributed by atoms with Crippen LogP contribution >= 0.6 is 0 Å². The molecule has 2 fully saturated rings. The molecule has 154 valence electrons. The number of carbonyl (C=O) groups excluding carboxylic acids is 2. The van der Waals surface area contributed by atoms with Gasteiger partial charge in [0, 0.05) is 51.8 Å². The van der Waals surface area contributed by atoms with E-state index in [4.69, 9.17) is 4.74 Å². The van der Waals surface area contributed by atoms with Crippen LogP contribution in [0.3, 0.4) is 0 Å². The van der Waals surface area contributed by atoms with Gasteiger partial charge in [0.1, 0.15) is 5.75 Å². The van der Waals surface area contributed by atoms with Gasteiger partial charge in [-0.05, 0) is 23.6 Å². The lowest BCUT2D eigenvalue weighted by atomic mass is 9.89. The topological polar surface area (TPSA) is 79.7 Å². The average Bonchev–Trinajstić information content (AvgIpc) is 3.36. The number of amides is 2. The number of rotatable bonds is 5. The summed E-state index contributed by atoms with van der Waals surface area (Å²) in [6.07, 6.45) is 1.80. The number of hydrogen-bond acceptors (Lipinski definition) is 5. The molecule has 3 heterocycles. The van der Waals surface area contributed by atoms with E-state index in [1.807, 2.05) is 36.2 Å². The maximum atomic E-state index is 12.4. The summed E-state index contributed by atoms with van der Waals surface area (Å²) in [5, 5.41) is 7.04. The minimum absolute atomic E-state index is 0.0345. The Morgan fingerprint density at radius 3 is 2.55 bits per heavy atom. The van der Waals surface area contributed by atoms with Crippen LogP contribution in [0.2, 0.25) is 0 Å². The van der Waals surface area contributed by atoms with Gasteiger partial charge in [-0.15, -0.1) is 0 Å². The first-order chi connectivity index (χ1) is 13.9. The molecule has 2 amide bonds. The number of hydrogen-bond donors (Lipinski definition) is 1. The molecular weight excluding hydrogens is 370 g/mol. The number of anilines is 1. The van der Waals surface area contributed by atoms with Crippen LogP contribution in [0.5, 0.6) is 5.75 Å². The second-order valence-corrected chi connectivity index (χ2v) is 7.93. The lowest BCUT2D eigenvalue weighted by Gasteiger charge is -2.29. The first-order valence-electron chi connectivity index (χ1n) is 9.87. The minimum Gasteiger partial charge on any atom is -0.497 e. The third kappa shape index (κ3) is 3.98. The van der Waals surface area contributed by atoms with Gasteiger partial charge >= 0.3 is 0 Å². The van der Waals surface area contributed by atoms with Crippen molar-refractivity contribution in [2.24, 2.45) is 18.9 Å². The van der Waals surface area contributed by atoms with Crippen molar-refractivity contribution in [3.8, 4) is 5.75 Å². The molecule has 8 nitrogen and oxygen atoms in total. The second kappa shape index (κ2) is 7.87. The standard InChI is InChI=1S/C21H27N5O3/c1-14(27)26-11-16-10-25(13-20(28)22-19-8-9-24(2)23-19)12-18(16)21(26)15-4-6-17(29-3)7-5-15/h4-9,16,18,21H,10-13H2,1-3H3,(H,22,23,28)/t16-,18-,21+/m1/s1. The number of aryl methyl sites for hydroxylation is 1. The third-order valence-electron chi connectivity index (χ3n) is 5.95. The zero-order valence-electron chi connectivity index (χ0n) is 17.0. The van der Waals surface area contributed by atoms with Crippen molar-refractivity contribution >= 4 is 17.6 Å². The van der Waals surface area contributed by atoms with Crippen molar-refractivity contribution in [3.63, 3.8) is 0 Å². The van der Waals surface area contributed by atoms with Crippen molar-refractivity contribution in [3.05, 3.63) is 42.1 Å². The van der Waals surface area contributed by atoms with E-state index in [2.05, 4.69) is 15.3 Å². The van der Waals surface area contributed by atoms with E-state index >= 15 is 0 Å². The normalized spacial score (nSPS) is 23.8. The van der Waals surface area contributed by atoms with Crippen LogP contribution in [0.1, 0.15) is 18.5 Å². The molecule has 1 N–H and O–H groups in total. The molecule has 8 heteroatoms. The van der Waals surface area contributed by atoms with E-state index in [9.17, 15) is 9.59 Å². The molecule has 1 aromatic heterocycles. The van der Waals surface area contributed by atoms with Crippen molar-refractivity contribution in [2.75, 3.05) is 38.6 Å². The van der Waals surface area contributed by atoms with Gasteiger partial charge in [-0.2, -0.15) is 5.10 Å². The Morgan fingerprint density at radius 2 is 1.93 bits per heavy atom. The monoisotopic (exact) mass is 397 g/mol. The van der Waals surface area contributed by atoms with Crippen LogP contribution < -0.4 is 10.1 Å². The fraction of sp³-hybridized carbons (Fsp3) is 0.476. The van der Waals surface area contributed by atoms with Crippen molar-refractivity contribution in [2.45, 2.75) is 13.0 Å². The highest BCUT2D eigenvalue weighted by molar-refractivity contribution is 5.91. The molecule has 2 aliphatic rings. The molecule has 0 saturated carbocycles. The summed E-state index contributed by atoms with van der Waals surface area (Å²) in [5.41, 5.74) is 1.12. The molecular formula is C21H27N5O3. The predicted octanol–water partition coefficient (Wildman–Crippen LogP) is 1.52. The summed E-state index contributed by atoms with van der Waals surface area (Å²) in [4.78, 5) is 28.8. The fourth-order valence-corrected chi connectivity index (χ4v) is 4.69. The first kappa shape index (κ1) is 19.4. The molecule has 0 unspecified atom stereocenters. The minimum atomic E-state index is -0.0619. The number of aromatic nitrogens is 2. The number of benzene rings is 1. The van der Waals surface area contributed by atoms with Crippen LogP contribution in [0.25, 0.3) is 0 Å². The third-order valence-corrected chi connectivity index (χ3v) is 5.95. The number of nitrogens with zero attached hydrogens (tertiary/aromatic N) is 4. The molecule has 2 aliphatic heterocycles. The summed E-state index contributed by atoms with van der Waals surface area (Å²) in [6, 6.07) is 9.77. The molecule has 29 heavy (non-hydrogen) atoms. The average molecular weight is 397 g/mol. The van der Waals surface area contributed by atoms with Crippen LogP contribution in [0.4, 0.5) is 5.82 Å². The van der Waals surface area contributed by atoms with Gasteiger partial charge in [0.25, 0.3) is 0 Å². The highest BCUT2D eigenvalue weighted by atomic mass is 16.5. The second-order valence-electron chi connectivity index (χ2n) is 7.93. The Morgan fingerprint density at radius 1 is 1.17 bits per heavy atom. The molecule has 3 atom stereocenters. The van der Waals surface area contributed by atoms with Gasteiger partial charge in [0.05, 0.1) is 19.7 Å². The molecule has 4 rings (SSSR count). The van der Waals surface area contributed by atoms with Gasteiger partial charge in [0.2, 0.25) is 11.8 Å². The lowest BCUT2D eigenvalue weighted by molar-refractivity contribution is -0.130. The van der Waals surface area contributed by atoms with Gasteiger partial charge < -0.3 is 15.0 Å². The van der Waals surface area contributed by atoms with E-state index in [-0.39, 0.29) is 17.9 Å². The Labute approximate surface area is 170 Å². The molecule has 0 spiro atoms. The van der Waals surface area contributed by atoms with E-state index < -0.39 is 0 Å². The summed E-state index contributed by atoms with van der Waals surface area (Å²) in [7, 11) is 3.46. The summed E-state index contributed by atoms with van der Waals surface area (Å²) >= 11 is 0. The quantitative estimate of drug-likeness (QED) is 0.828. The Bertz CT molecular complexity index is 894. The fourth-order valence-electron chi connectivity index (χ4n) is 4.69. The molecule has 0 bridgehead atoms. The number of nitrogens with one attached hydrogen (secondary N) is 1. The Kier molecular flexibility index (Phi) is 5.27. The van der Waals surface area contributed by atoms with Crippen molar-refractivity contribution in [1.82, 2.24) is 19.6 Å². The maximum Gasteiger partial charge on any atom is 0.239 e. The predicted molar refractivity (Wildman–Crippen MR) is 108 cm³/mol. The summed E-state index contributed by atoms with van der Waals surface area (Å²) in [6.45, 7) is 4.31. The van der Waals surface area contributed by atoms with Gasteiger partial charge in [0.15, 0.2) is 5.82 Å². The van der Waals surface area contributed by atoms with Crippen molar-refractivity contribution < 1.29 is 14.3 Å². The zero-order chi connectivity index (χ0) is 20.5. The van der Waals surface area contributed by atoms with E-state index in [1.54, 1.807) is 31.0 Å². The van der Waals surface area contributed by atoms with Gasteiger partial charge in [-0.25, -0.2) is 0 Å². The van der Waals surface area contributed by atoms with Gasteiger partial charge in [-0.1, -0.05) is 12.1 Å². The van der Waals surface area contributed by atoms with Crippen LogP contribution in [-0.4, -0.2) is 64.7 Å². The SMILES string of the molecule is COc1ccc([C@H]2[C@@H]3CN(CC(=O)Nc4ccn(C)n4)C[C@@H]3CN2C(C)=O)cc1. The number of carbonyl (C=O) groups is 2. The lowest BCUT2D eigenvalue weighted by Crippen LogP contribution is -2.37. The van der Waals surface area contributed by atoms with Crippen LogP contribution in [0.15, 0.2) is 36.5 Å². The maximum absolute atomic E-state index is 12.4. The van der Waals surface area contributed by atoms with Gasteiger partial charge in [-0.3, -0.25) is 19.2 Å². The largest absolute Gasteiger partial charge is 0.497 e. The summed E-state index contributed by atoms with van der Waals surface area (Å²) < 4.78 is 6.92. The molecule has 2 aromatic rings. The van der Waals surface area contributed by atoms with E-state index in [0.717, 1.165) is 30.9 Å². The van der Waals surface area contributed by atoms with Crippen molar-refractivity contribution in [1.29, 1.82) is 0 Å². The highest BCUT2D eigenvalue weighted by Gasteiger charge is 2.48. The first-order valence-corrected chi connectivity index (χ1v) is 9.87. The number of ether oxygens (including phenoxy) is 1. The number of fused-ring (bicyclic) bond motifs is 1. The number of methoxy groups -OCH3 is 1.